The minimum atomic E-state index is -0.382. The van der Waals surface area contributed by atoms with Crippen molar-refractivity contribution in [3.63, 3.8) is 0 Å². The summed E-state index contributed by atoms with van der Waals surface area (Å²) in [5.41, 5.74) is 2.37. The van der Waals surface area contributed by atoms with Crippen LogP contribution < -0.4 is 5.32 Å². The van der Waals surface area contributed by atoms with E-state index in [1.165, 1.54) is 35.0 Å². The zero-order valence-corrected chi connectivity index (χ0v) is 18.4. The van der Waals surface area contributed by atoms with Gasteiger partial charge in [0.05, 0.1) is 17.9 Å². The van der Waals surface area contributed by atoms with Gasteiger partial charge in [0.25, 0.3) is 0 Å². The first kappa shape index (κ1) is 20.8. The van der Waals surface area contributed by atoms with Crippen molar-refractivity contribution >= 4 is 50.9 Å². The van der Waals surface area contributed by atoms with Crippen LogP contribution in [-0.2, 0) is 22.4 Å². The van der Waals surface area contributed by atoms with E-state index in [1.54, 1.807) is 41.9 Å². The van der Waals surface area contributed by atoms with E-state index in [1.807, 2.05) is 6.92 Å². The molecule has 1 amide bonds. The number of thiophene rings is 1. The minimum absolute atomic E-state index is 0.144. The molecule has 0 saturated carbocycles. The van der Waals surface area contributed by atoms with Gasteiger partial charge in [-0.2, -0.15) is 0 Å². The maximum absolute atomic E-state index is 12.5. The number of aromatic nitrogens is 2. The van der Waals surface area contributed by atoms with E-state index in [0.717, 1.165) is 34.5 Å². The Kier molecular flexibility index (Phi) is 6.64. The van der Waals surface area contributed by atoms with E-state index in [2.05, 4.69) is 15.3 Å². The maximum atomic E-state index is 12.5. The molecule has 1 N–H and O–H groups in total. The molecule has 6 nitrogen and oxygen atoms in total. The number of anilines is 1. The Morgan fingerprint density at radius 3 is 2.97 bits per heavy atom. The zero-order valence-electron chi connectivity index (χ0n) is 16.8. The number of hydrogen-bond donors (Lipinski definition) is 1. The van der Waals surface area contributed by atoms with Crippen LogP contribution in [0.3, 0.4) is 0 Å². The molecule has 1 aliphatic carbocycles. The van der Waals surface area contributed by atoms with Gasteiger partial charge in [-0.15, -0.1) is 11.3 Å². The van der Waals surface area contributed by atoms with Gasteiger partial charge in [0.15, 0.2) is 0 Å². The van der Waals surface area contributed by atoms with Crippen molar-refractivity contribution in [2.45, 2.75) is 44.1 Å². The lowest BCUT2D eigenvalue weighted by Gasteiger charge is -2.11. The van der Waals surface area contributed by atoms with Crippen LogP contribution in [0.4, 0.5) is 5.69 Å². The number of fused-ring (bicyclic) bond motifs is 3. The second-order valence-electron chi connectivity index (χ2n) is 7.12. The molecule has 0 unspecified atom stereocenters. The van der Waals surface area contributed by atoms with Crippen molar-refractivity contribution in [1.82, 2.24) is 9.97 Å². The molecule has 30 heavy (non-hydrogen) atoms. The summed E-state index contributed by atoms with van der Waals surface area (Å²) in [6.07, 6.45) is 6.93. The van der Waals surface area contributed by atoms with Crippen molar-refractivity contribution in [1.29, 1.82) is 0 Å². The lowest BCUT2D eigenvalue weighted by Crippen LogP contribution is -2.15. The summed E-state index contributed by atoms with van der Waals surface area (Å²) in [5.74, 6) is -0.288. The van der Waals surface area contributed by atoms with Crippen molar-refractivity contribution in [2.24, 2.45) is 0 Å². The van der Waals surface area contributed by atoms with E-state index in [4.69, 9.17) is 4.74 Å². The number of nitrogens with zero attached hydrogens (tertiary/aromatic N) is 2. The van der Waals surface area contributed by atoms with Crippen LogP contribution in [-0.4, -0.2) is 34.2 Å². The largest absolute Gasteiger partial charge is 0.462 e. The number of nitrogens with one attached hydrogen (secondary N) is 1. The first-order chi connectivity index (χ1) is 14.7. The van der Waals surface area contributed by atoms with Crippen LogP contribution in [0.2, 0.25) is 0 Å². The predicted octanol–water partition coefficient (Wildman–Crippen LogP) is 4.87. The zero-order chi connectivity index (χ0) is 20.9. The summed E-state index contributed by atoms with van der Waals surface area (Å²) in [6.45, 7) is 2.32. The Morgan fingerprint density at radius 1 is 1.23 bits per heavy atom. The van der Waals surface area contributed by atoms with Crippen molar-refractivity contribution in [2.75, 3.05) is 17.7 Å². The lowest BCUT2D eigenvalue weighted by molar-refractivity contribution is -0.113. The van der Waals surface area contributed by atoms with E-state index in [0.29, 0.717) is 17.9 Å². The average Bonchev–Trinajstić information content (AvgIpc) is 3.15. The molecular weight excluding hydrogens is 418 g/mol. The van der Waals surface area contributed by atoms with E-state index < -0.39 is 0 Å². The molecule has 0 spiro atoms. The number of carbonyl (C=O) groups is 2. The monoisotopic (exact) mass is 441 g/mol. The molecule has 1 aliphatic rings. The fourth-order valence-corrected chi connectivity index (χ4v) is 5.62. The molecule has 1 aromatic carbocycles. The highest BCUT2D eigenvalue weighted by Gasteiger charge is 2.20. The number of amides is 1. The minimum Gasteiger partial charge on any atom is -0.462 e. The van der Waals surface area contributed by atoms with Gasteiger partial charge in [0, 0.05) is 16.0 Å². The first-order valence-corrected chi connectivity index (χ1v) is 11.9. The third kappa shape index (κ3) is 4.65. The molecule has 3 aromatic rings. The fraction of sp³-hybridized carbons (Fsp3) is 0.364. The smallest absolute Gasteiger partial charge is 0.338 e. The number of hydrogen-bond acceptors (Lipinski definition) is 7. The number of thioether (sulfide) groups is 1. The number of benzene rings is 1. The van der Waals surface area contributed by atoms with Crippen LogP contribution >= 0.6 is 23.1 Å². The van der Waals surface area contributed by atoms with Crippen molar-refractivity contribution in [3.05, 3.63) is 46.6 Å². The van der Waals surface area contributed by atoms with Gasteiger partial charge in [-0.25, -0.2) is 14.8 Å². The molecule has 2 aromatic heterocycles. The summed E-state index contributed by atoms with van der Waals surface area (Å²) < 4.78 is 5.15. The Bertz CT molecular complexity index is 1080. The second-order valence-corrected chi connectivity index (χ2v) is 9.17. The standard InChI is InChI=1S/C22H23N3O3S2/c1-2-10-28-22(27)14-6-5-7-15(11-14)25-18(26)12-29-20-19-16-8-3-4-9-17(16)30-21(19)24-13-23-20/h5-7,11,13H,2-4,8-10,12H2,1H3,(H,25,26). The van der Waals surface area contributed by atoms with Gasteiger partial charge in [0.2, 0.25) is 5.91 Å². The average molecular weight is 442 g/mol. The quantitative estimate of drug-likeness (QED) is 0.320. The van der Waals surface area contributed by atoms with Gasteiger partial charge in [-0.1, -0.05) is 24.8 Å². The molecule has 2 heterocycles. The van der Waals surface area contributed by atoms with E-state index >= 15 is 0 Å². The van der Waals surface area contributed by atoms with Gasteiger partial charge >= 0.3 is 5.97 Å². The molecule has 8 heteroatoms. The topological polar surface area (TPSA) is 81.2 Å². The van der Waals surface area contributed by atoms with E-state index in [-0.39, 0.29) is 17.6 Å². The Labute approximate surface area is 183 Å². The van der Waals surface area contributed by atoms with Gasteiger partial charge < -0.3 is 10.1 Å². The maximum Gasteiger partial charge on any atom is 0.338 e. The number of aryl methyl sites for hydroxylation is 2. The summed E-state index contributed by atoms with van der Waals surface area (Å²) in [6, 6.07) is 6.81. The van der Waals surface area contributed by atoms with Crippen LogP contribution in [0.15, 0.2) is 35.6 Å². The van der Waals surface area contributed by atoms with Gasteiger partial charge in [-0.05, 0) is 55.9 Å². The van der Waals surface area contributed by atoms with Crippen LogP contribution in [0.5, 0.6) is 0 Å². The molecule has 0 radical (unpaired) electrons. The number of carbonyl (C=O) groups excluding carboxylic acids is 2. The SMILES string of the molecule is CCCOC(=O)c1cccc(NC(=O)CSc2ncnc3sc4c(c23)CCCC4)c1. The molecule has 0 aliphatic heterocycles. The number of rotatable bonds is 7. The van der Waals surface area contributed by atoms with E-state index in [9.17, 15) is 9.59 Å². The van der Waals surface area contributed by atoms with Crippen molar-refractivity contribution < 1.29 is 14.3 Å². The first-order valence-electron chi connectivity index (χ1n) is 10.1. The van der Waals surface area contributed by atoms with Gasteiger partial charge in [-0.3, -0.25) is 4.79 Å². The second kappa shape index (κ2) is 9.57. The van der Waals surface area contributed by atoms with Crippen LogP contribution in [0, 0.1) is 0 Å². The molecule has 0 fully saturated rings. The Balaban J connectivity index is 1.42. The third-order valence-electron chi connectivity index (χ3n) is 4.88. The van der Waals surface area contributed by atoms with Crippen LogP contribution in [0.1, 0.15) is 47.0 Å². The lowest BCUT2D eigenvalue weighted by atomic mass is 9.97. The fourth-order valence-electron chi connectivity index (χ4n) is 3.50. The Hall–Kier alpha value is -2.45. The molecule has 4 rings (SSSR count). The summed E-state index contributed by atoms with van der Waals surface area (Å²) in [4.78, 5) is 35.8. The third-order valence-corrected chi connectivity index (χ3v) is 7.07. The highest BCUT2D eigenvalue weighted by molar-refractivity contribution is 8.00. The molecule has 156 valence electrons. The molecule has 0 atom stereocenters. The van der Waals surface area contributed by atoms with Crippen LogP contribution in [0.25, 0.3) is 10.2 Å². The highest BCUT2D eigenvalue weighted by Crippen LogP contribution is 2.39. The predicted molar refractivity (Wildman–Crippen MR) is 120 cm³/mol. The van der Waals surface area contributed by atoms with Gasteiger partial charge in [0.1, 0.15) is 16.2 Å². The number of esters is 1. The van der Waals surface area contributed by atoms with Crippen molar-refractivity contribution in [3.8, 4) is 0 Å². The molecule has 0 bridgehead atoms. The summed E-state index contributed by atoms with van der Waals surface area (Å²) >= 11 is 3.18. The molecular formula is C22H23N3O3S2. The summed E-state index contributed by atoms with van der Waals surface area (Å²) in [7, 11) is 0. The highest BCUT2D eigenvalue weighted by atomic mass is 32.2. The Morgan fingerprint density at radius 2 is 2.10 bits per heavy atom. The normalized spacial score (nSPS) is 13.1. The molecule has 0 saturated heterocycles. The number of ether oxygens (including phenoxy) is 1. The summed E-state index contributed by atoms with van der Waals surface area (Å²) in [5, 5.41) is 4.85.